The molecule has 0 aromatic carbocycles. The van der Waals surface area contributed by atoms with Gasteiger partial charge in [0.25, 0.3) is 0 Å². The van der Waals surface area contributed by atoms with Crippen LogP contribution >= 0.6 is 0 Å². The van der Waals surface area contributed by atoms with Crippen molar-refractivity contribution < 1.29 is 4.74 Å². The molecule has 1 heteroatoms. The summed E-state index contributed by atoms with van der Waals surface area (Å²) < 4.78 is 5.99. The van der Waals surface area contributed by atoms with Gasteiger partial charge in [-0.1, -0.05) is 33.4 Å². The number of ether oxygens (including phenoxy) is 1. The molecule has 2 aliphatic rings. The zero-order chi connectivity index (χ0) is 11.1. The second kappa shape index (κ2) is 3.70. The summed E-state index contributed by atoms with van der Waals surface area (Å²) >= 11 is 0. The summed E-state index contributed by atoms with van der Waals surface area (Å²) in [5, 5.41) is 0. The molecule has 15 heavy (non-hydrogen) atoms. The molecular formula is C14H22O. The summed E-state index contributed by atoms with van der Waals surface area (Å²) in [7, 11) is 0. The lowest BCUT2D eigenvalue weighted by molar-refractivity contribution is -0.00329. The number of hydrogen-bond acceptors (Lipinski definition) is 1. The highest BCUT2D eigenvalue weighted by atomic mass is 16.5. The van der Waals surface area contributed by atoms with E-state index in [1.165, 1.54) is 24.8 Å². The molecule has 0 N–H and O–H groups in total. The van der Waals surface area contributed by atoms with Crippen LogP contribution in [-0.4, -0.2) is 6.10 Å². The van der Waals surface area contributed by atoms with Crippen LogP contribution in [0.25, 0.3) is 0 Å². The second-order valence-corrected chi connectivity index (χ2v) is 5.71. The summed E-state index contributed by atoms with van der Waals surface area (Å²) in [6.07, 6.45) is 7.38. The molecule has 0 spiro atoms. The van der Waals surface area contributed by atoms with E-state index in [1.807, 2.05) is 0 Å². The number of hydrogen-bond donors (Lipinski definition) is 0. The van der Waals surface area contributed by atoms with Gasteiger partial charge in [-0.15, -0.1) is 0 Å². The molecule has 0 unspecified atom stereocenters. The van der Waals surface area contributed by atoms with E-state index < -0.39 is 0 Å². The van der Waals surface area contributed by atoms with Crippen molar-refractivity contribution in [2.45, 2.75) is 52.6 Å². The third-order valence-electron chi connectivity index (χ3n) is 3.89. The highest BCUT2D eigenvalue weighted by molar-refractivity contribution is 5.21. The van der Waals surface area contributed by atoms with Crippen molar-refractivity contribution in [2.24, 2.45) is 11.3 Å². The average molecular weight is 206 g/mol. The van der Waals surface area contributed by atoms with E-state index in [4.69, 9.17) is 4.74 Å². The SMILES string of the molecule is C=C1CCC(C)(C)[C@@H](C2=CCC[C@H]2C)O1. The van der Waals surface area contributed by atoms with Crippen molar-refractivity contribution in [1.82, 2.24) is 0 Å². The first-order chi connectivity index (χ1) is 7.00. The second-order valence-electron chi connectivity index (χ2n) is 5.71. The first kappa shape index (κ1) is 10.8. The average Bonchev–Trinajstić information content (AvgIpc) is 2.56. The van der Waals surface area contributed by atoms with Gasteiger partial charge in [-0.05, 0) is 30.8 Å². The van der Waals surface area contributed by atoms with Crippen LogP contribution in [0, 0.1) is 11.3 Å². The van der Waals surface area contributed by atoms with Gasteiger partial charge in [0.15, 0.2) is 0 Å². The zero-order valence-corrected chi connectivity index (χ0v) is 10.2. The van der Waals surface area contributed by atoms with E-state index >= 15 is 0 Å². The molecular weight excluding hydrogens is 184 g/mol. The quantitative estimate of drug-likeness (QED) is 0.588. The van der Waals surface area contributed by atoms with Crippen molar-refractivity contribution in [3.05, 3.63) is 24.0 Å². The molecule has 1 heterocycles. The first-order valence-electron chi connectivity index (χ1n) is 6.05. The molecule has 1 saturated heterocycles. The van der Waals surface area contributed by atoms with Gasteiger partial charge in [0.1, 0.15) is 6.10 Å². The molecule has 1 aliphatic carbocycles. The van der Waals surface area contributed by atoms with E-state index in [0.717, 1.165) is 12.2 Å². The molecule has 0 radical (unpaired) electrons. The lowest BCUT2D eigenvalue weighted by Crippen LogP contribution is -2.38. The van der Waals surface area contributed by atoms with Gasteiger partial charge in [-0.25, -0.2) is 0 Å². The van der Waals surface area contributed by atoms with Crippen LogP contribution in [0.1, 0.15) is 46.5 Å². The van der Waals surface area contributed by atoms with Crippen molar-refractivity contribution in [1.29, 1.82) is 0 Å². The molecule has 1 nitrogen and oxygen atoms in total. The smallest absolute Gasteiger partial charge is 0.125 e. The van der Waals surface area contributed by atoms with Gasteiger partial charge in [-0.2, -0.15) is 0 Å². The van der Waals surface area contributed by atoms with E-state index in [9.17, 15) is 0 Å². The monoisotopic (exact) mass is 206 g/mol. The summed E-state index contributed by atoms with van der Waals surface area (Å²) in [4.78, 5) is 0. The van der Waals surface area contributed by atoms with Crippen molar-refractivity contribution in [3.8, 4) is 0 Å². The highest BCUT2D eigenvalue weighted by Crippen LogP contribution is 2.44. The Hall–Kier alpha value is -0.720. The third kappa shape index (κ3) is 1.97. The maximum absolute atomic E-state index is 5.99. The van der Waals surface area contributed by atoms with E-state index in [2.05, 4.69) is 33.4 Å². The zero-order valence-electron chi connectivity index (χ0n) is 10.2. The third-order valence-corrected chi connectivity index (χ3v) is 3.89. The molecule has 1 aliphatic heterocycles. The molecule has 0 saturated carbocycles. The summed E-state index contributed by atoms with van der Waals surface area (Å²) in [5.74, 6) is 1.67. The Bertz CT molecular complexity index is 298. The highest BCUT2D eigenvalue weighted by Gasteiger charge is 2.39. The fourth-order valence-corrected chi connectivity index (χ4v) is 2.73. The standard InChI is InChI=1S/C14H22O/c1-10-6-5-7-12(10)13-14(3,4)9-8-11(2)15-13/h7,10,13H,2,5-6,8-9H2,1,3-4H3/t10-,13-/m1/s1. The minimum atomic E-state index is 0.269. The van der Waals surface area contributed by atoms with Gasteiger partial charge in [0.05, 0.1) is 5.76 Å². The van der Waals surface area contributed by atoms with Crippen LogP contribution in [0.4, 0.5) is 0 Å². The number of allylic oxidation sites excluding steroid dienone is 2. The fraction of sp³-hybridized carbons (Fsp3) is 0.714. The predicted octanol–water partition coefficient (Wildman–Crippen LogP) is 4.06. The van der Waals surface area contributed by atoms with Crippen LogP contribution in [0.3, 0.4) is 0 Å². The largest absolute Gasteiger partial charge is 0.490 e. The topological polar surface area (TPSA) is 9.23 Å². The predicted molar refractivity (Wildman–Crippen MR) is 63.5 cm³/mol. The van der Waals surface area contributed by atoms with Crippen LogP contribution in [-0.2, 0) is 4.74 Å². The van der Waals surface area contributed by atoms with Crippen molar-refractivity contribution in [2.75, 3.05) is 0 Å². The van der Waals surface area contributed by atoms with Crippen LogP contribution in [0.15, 0.2) is 24.0 Å². The molecule has 0 aromatic rings. The Balaban J connectivity index is 2.21. The van der Waals surface area contributed by atoms with E-state index in [1.54, 1.807) is 0 Å². The lowest BCUT2D eigenvalue weighted by Gasteiger charge is -2.41. The van der Waals surface area contributed by atoms with Crippen LogP contribution in [0.2, 0.25) is 0 Å². The number of rotatable bonds is 1. The van der Waals surface area contributed by atoms with Gasteiger partial charge in [0.2, 0.25) is 0 Å². The Morgan fingerprint density at radius 1 is 1.47 bits per heavy atom. The molecule has 2 atom stereocenters. The van der Waals surface area contributed by atoms with Crippen LogP contribution < -0.4 is 0 Å². The van der Waals surface area contributed by atoms with E-state index in [0.29, 0.717) is 5.92 Å². The molecule has 0 bridgehead atoms. The summed E-state index contributed by atoms with van der Waals surface area (Å²) in [5.41, 5.74) is 1.78. The Kier molecular flexibility index (Phi) is 2.66. The maximum Gasteiger partial charge on any atom is 0.125 e. The van der Waals surface area contributed by atoms with Crippen molar-refractivity contribution >= 4 is 0 Å². The first-order valence-corrected chi connectivity index (χ1v) is 6.05. The molecule has 0 amide bonds. The minimum Gasteiger partial charge on any atom is -0.490 e. The van der Waals surface area contributed by atoms with Gasteiger partial charge in [-0.3, -0.25) is 0 Å². The van der Waals surface area contributed by atoms with E-state index in [-0.39, 0.29) is 11.5 Å². The van der Waals surface area contributed by atoms with Gasteiger partial charge < -0.3 is 4.74 Å². The van der Waals surface area contributed by atoms with Gasteiger partial charge in [0, 0.05) is 11.8 Å². The minimum absolute atomic E-state index is 0.269. The molecule has 84 valence electrons. The Morgan fingerprint density at radius 2 is 2.20 bits per heavy atom. The molecule has 1 fully saturated rings. The summed E-state index contributed by atoms with van der Waals surface area (Å²) in [6.45, 7) is 10.9. The maximum atomic E-state index is 5.99. The Labute approximate surface area is 93.2 Å². The Morgan fingerprint density at radius 3 is 2.80 bits per heavy atom. The molecule has 0 aromatic heterocycles. The van der Waals surface area contributed by atoms with Crippen molar-refractivity contribution in [3.63, 3.8) is 0 Å². The van der Waals surface area contributed by atoms with Gasteiger partial charge >= 0.3 is 0 Å². The normalized spacial score (nSPS) is 34.9. The summed E-state index contributed by atoms with van der Waals surface area (Å²) in [6, 6.07) is 0. The lowest BCUT2D eigenvalue weighted by atomic mass is 9.75. The van der Waals surface area contributed by atoms with Crippen LogP contribution in [0.5, 0.6) is 0 Å². The fourth-order valence-electron chi connectivity index (χ4n) is 2.73. The molecule has 2 rings (SSSR count).